The summed E-state index contributed by atoms with van der Waals surface area (Å²) in [5, 5.41) is 11.5. The SMILES string of the molecule is CC[Si](CC)(CC)O[C@@H]([C@@H](C)[C@@H](CCOCc1ccc(OC)cc1)OCOC)[C@@H](C)[C@@H](O)/C(C)=C/c1coc(C)n1. The van der Waals surface area contributed by atoms with Crippen molar-refractivity contribution in [2.24, 2.45) is 11.8 Å². The van der Waals surface area contributed by atoms with Crippen molar-refractivity contribution in [3.05, 3.63) is 53.2 Å². The first-order chi connectivity index (χ1) is 19.6. The molecule has 0 aliphatic carbocycles. The van der Waals surface area contributed by atoms with Crippen LogP contribution in [0.2, 0.25) is 18.1 Å². The summed E-state index contributed by atoms with van der Waals surface area (Å²) < 4.78 is 35.3. The predicted molar refractivity (Wildman–Crippen MR) is 165 cm³/mol. The number of aromatic nitrogens is 1. The van der Waals surface area contributed by atoms with Gasteiger partial charge in [0.2, 0.25) is 0 Å². The molecule has 9 heteroatoms. The first-order valence-electron chi connectivity index (χ1n) is 14.9. The summed E-state index contributed by atoms with van der Waals surface area (Å²) in [7, 11) is 1.28. The molecule has 5 atom stereocenters. The second kappa shape index (κ2) is 17.8. The molecule has 0 spiro atoms. The molecule has 0 saturated carbocycles. The lowest BCUT2D eigenvalue weighted by Crippen LogP contribution is -2.50. The summed E-state index contributed by atoms with van der Waals surface area (Å²) in [5.41, 5.74) is 2.60. The van der Waals surface area contributed by atoms with Gasteiger partial charge in [-0.3, -0.25) is 0 Å². The number of nitrogens with zero attached hydrogens (tertiary/aromatic N) is 1. The monoisotopic (exact) mass is 591 g/mol. The Morgan fingerprint density at radius 1 is 1.05 bits per heavy atom. The summed E-state index contributed by atoms with van der Waals surface area (Å²) in [6.45, 7) is 15.9. The molecule has 0 fully saturated rings. The van der Waals surface area contributed by atoms with E-state index in [-0.39, 0.29) is 30.8 Å². The molecule has 0 amide bonds. The maximum atomic E-state index is 11.5. The molecule has 1 aromatic heterocycles. The second-order valence-corrected chi connectivity index (χ2v) is 15.7. The van der Waals surface area contributed by atoms with Gasteiger partial charge in [0.05, 0.1) is 32.0 Å². The van der Waals surface area contributed by atoms with Crippen molar-refractivity contribution in [2.45, 2.75) is 97.9 Å². The van der Waals surface area contributed by atoms with Gasteiger partial charge in [0.1, 0.15) is 24.5 Å². The topological polar surface area (TPSA) is 92.4 Å². The first kappa shape index (κ1) is 35.2. The Morgan fingerprint density at radius 3 is 2.24 bits per heavy atom. The maximum absolute atomic E-state index is 11.5. The number of hydrogen-bond acceptors (Lipinski definition) is 8. The van der Waals surface area contributed by atoms with Crippen molar-refractivity contribution < 1.29 is 32.9 Å². The van der Waals surface area contributed by atoms with Crippen LogP contribution in [0, 0.1) is 18.8 Å². The highest BCUT2D eigenvalue weighted by atomic mass is 28.4. The zero-order valence-electron chi connectivity index (χ0n) is 26.6. The predicted octanol–water partition coefficient (Wildman–Crippen LogP) is 7.01. The quantitative estimate of drug-likeness (QED) is 0.0998. The van der Waals surface area contributed by atoms with E-state index in [1.165, 1.54) is 0 Å². The Bertz CT molecular complexity index is 1010. The normalized spacial score (nSPS) is 16.3. The highest BCUT2D eigenvalue weighted by Crippen LogP contribution is 2.34. The number of aryl methyl sites for hydroxylation is 1. The van der Waals surface area contributed by atoms with Crippen molar-refractivity contribution in [1.29, 1.82) is 0 Å². The van der Waals surface area contributed by atoms with E-state index in [9.17, 15) is 5.11 Å². The minimum Gasteiger partial charge on any atom is -0.497 e. The van der Waals surface area contributed by atoms with Gasteiger partial charge < -0.3 is 32.9 Å². The van der Waals surface area contributed by atoms with Gasteiger partial charge in [-0.05, 0) is 60.8 Å². The van der Waals surface area contributed by atoms with E-state index in [0.29, 0.717) is 31.2 Å². The summed E-state index contributed by atoms with van der Waals surface area (Å²) in [5.74, 6) is 1.22. The number of hydrogen-bond donors (Lipinski definition) is 1. The zero-order valence-corrected chi connectivity index (χ0v) is 27.6. The van der Waals surface area contributed by atoms with E-state index in [2.05, 4.69) is 39.6 Å². The van der Waals surface area contributed by atoms with Crippen LogP contribution in [0.3, 0.4) is 0 Å². The molecule has 2 rings (SSSR count). The molecule has 232 valence electrons. The zero-order chi connectivity index (χ0) is 30.4. The summed E-state index contributed by atoms with van der Waals surface area (Å²) in [6, 6.07) is 11.0. The van der Waals surface area contributed by atoms with E-state index in [4.69, 9.17) is 27.8 Å². The van der Waals surface area contributed by atoms with Gasteiger partial charge in [-0.2, -0.15) is 0 Å². The van der Waals surface area contributed by atoms with Gasteiger partial charge in [-0.25, -0.2) is 4.98 Å². The standard InChI is InChI=1S/C32H53NO7Si/c1-10-41(11-2,12-3)40-32(25(6)31(34)23(4)19-28-21-38-26(7)33-28)24(5)30(39-22-35-8)17-18-37-20-27-13-15-29(36-9)16-14-27/h13-16,19,21,24-25,30-32,34H,10-12,17-18,20,22H2,1-9H3/b23-19+/t24-,25-,30+,31-,32-/m0/s1. The fourth-order valence-corrected chi connectivity index (χ4v) is 8.32. The molecule has 1 aromatic carbocycles. The highest BCUT2D eigenvalue weighted by molar-refractivity contribution is 6.73. The molecule has 0 bridgehead atoms. The van der Waals surface area contributed by atoms with Gasteiger partial charge >= 0.3 is 0 Å². The Balaban J connectivity index is 2.24. The Hall–Kier alpha value is -2.01. The minimum atomic E-state index is -2.01. The molecule has 0 radical (unpaired) electrons. The van der Waals surface area contributed by atoms with Crippen LogP contribution in [0.1, 0.15) is 65.1 Å². The van der Waals surface area contributed by atoms with Crippen LogP contribution in [0.4, 0.5) is 0 Å². The Kier molecular flexibility index (Phi) is 15.3. The Morgan fingerprint density at radius 2 is 1.71 bits per heavy atom. The fraction of sp³-hybridized carbons (Fsp3) is 0.656. The molecular formula is C32H53NO7Si. The number of rotatable bonds is 20. The lowest BCUT2D eigenvalue weighted by molar-refractivity contribution is -0.122. The minimum absolute atomic E-state index is 0.0157. The van der Waals surface area contributed by atoms with Crippen molar-refractivity contribution in [1.82, 2.24) is 4.98 Å². The largest absolute Gasteiger partial charge is 0.497 e. The van der Waals surface area contributed by atoms with Gasteiger partial charge in [0, 0.05) is 32.5 Å². The van der Waals surface area contributed by atoms with E-state index in [1.807, 2.05) is 44.2 Å². The number of oxazole rings is 1. The van der Waals surface area contributed by atoms with Crippen LogP contribution in [0.15, 0.2) is 40.5 Å². The molecule has 2 aromatic rings. The molecular weight excluding hydrogens is 538 g/mol. The molecule has 41 heavy (non-hydrogen) atoms. The van der Waals surface area contributed by atoms with Crippen LogP contribution in [-0.4, -0.2) is 64.3 Å². The summed E-state index contributed by atoms with van der Waals surface area (Å²) in [4.78, 5) is 4.37. The van der Waals surface area contributed by atoms with Gasteiger partial charge in [0.25, 0.3) is 0 Å². The van der Waals surface area contributed by atoms with Crippen LogP contribution in [0.25, 0.3) is 6.08 Å². The van der Waals surface area contributed by atoms with Crippen molar-refractivity contribution in [2.75, 3.05) is 27.6 Å². The van der Waals surface area contributed by atoms with Crippen LogP contribution in [-0.2, 0) is 25.2 Å². The molecule has 0 unspecified atom stereocenters. The first-order valence-corrected chi connectivity index (χ1v) is 17.4. The average molecular weight is 592 g/mol. The molecule has 0 aliphatic heterocycles. The van der Waals surface area contributed by atoms with Crippen LogP contribution < -0.4 is 4.74 Å². The molecule has 0 aliphatic rings. The van der Waals surface area contributed by atoms with E-state index in [0.717, 1.165) is 35.0 Å². The molecule has 1 N–H and O–H groups in total. The van der Waals surface area contributed by atoms with E-state index in [1.54, 1.807) is 20.5 Å². The van der Waals surface area contributed by atoms with Gasteiger partial charge in [-0.15, -0.1) is 0 Å². The Labute approximate surface area is 248 Å². The van der Waals surface area contributed by atoms with Crippen LogP contribution in [0.5, 0.6) is 5.75 Å². The van der Waals surface area contributed by atoms with Crippen molar-refractivity contribution in [3.8, 4) is 5.75 Å². The van der Waals surface area contributed by atoms with Gasteiger partial charge in [0.15, 0.2) is 14.2 Å². The number of aliphatic hydroxyl groups excluding tert-OH is 1. The van der Waals surface area contributed by atoms with Gasteiger partial charge in [-0.1, -0.05) is 46.8 Å². The molecule has 8 nitrogen and oxygen atoms in total. The molecule has 0 saturated heterocycles. The average Bonchev–Trinajstić information content (AvgIpc) is 3.41. The smallest absolute Gasteiger partial charge is 0.192 e. The third-order valence-electron chi connectivity index (χ3n) is 8.29. The van der Waals surface area contributed by atoms with Crippen LogP contribution >= 0.6 is 0 Å². The number of aliphatic hydroxyl groups is 1. The maximum Gasteiger partial charge on any atom is 0.192 e. The highest BCUT2D eigenvalue weighted by Gasteiger charge is 2.41. The fourth-order valence-electron chi connectivity index (χ4n) is 5.32. The second-order valence-electron chi connectivity index (χ2n) is 11.0. The van der Waals surface area contributed by atoms with E-state index < -0.39 is 14.4 Å². The number of methoxy groups -OCH3 is 2. The third-order valence-corrected chi connectivity index (χ3v) is 12.9. The van der Waals surface area contributed by atoms with Crippen molar-refractivity contribution >= 4 is 14.4 Å². The number of ether oxygens (including phenoxy) is 4. The molecule has 1 heterocycles. The number of benzene rings is 1. The lowest BCUT2D eigenvalue weighted by Gasteiger charge is -2.42. The van der Waals surface area contributed by atoms with Crippen molar-refractivity contribution in [3.63, 3.8) is 0 Å². The summed E-state index contributed by atoms with van der Waals surface area (Å²) >= 11 is 0. The summed E-state index contributed by atoms with van der Waals surface area (Å²) in [6.07, 6.45) is 3.06. The third kappa shape index (κ3) is 10.6. The lowest BCUT2D eigenvalue weighted by atomic mass is 9.83. The van der Waals surface area contributed by atoms with E-state index >= 15 is 0 Å².